The summed E-state index contributed by atoms with van der Waals surface area (Å²) in [6.07, 6.45) is 2.09. The lowest BCUT2D eigenvalue weighted by molar-refractivity contribution is -0.293. The molecule has 2 aromatic carbocycles. The molecule has 1 fully saturated rings. The summed E-state index contributed by atoms with van der Waals surface area (Å²) in [6.45, 7) is 2.60. The molecule has 0 aliphatic carbocycles. The molecule has 3 rings (SSSR count). The van der Waals surface area contributed by atoms with Crippen molar-refractivity contribution in [2.45, 2.75) is 38.1 Å². The zero-order valence-corrected chi connectivity index (χ0v) is 13.4. The first-order valence-corrected chi connectivity index (χ1v) is 8.13. The van der Waals surface area contributed by atoms with Crippen molar-refractivity contribution in [1.29, 1.82) is 0 Å². The summed E-state index contributed by atoms with van der Waals surface area (Å²) in [5, 5.41) is 0. The second kappa shape index (κ2) is 7.07. The van der Waals surface area contributed by atoms with Crippen LogP contribution in [0, 0.1) is 0 Å². The van der Waals surface area contributed by atoms with Crippen molar-refractivity contribution >= 4 is 5.78 Å². The molecule has 23 heavy (non-hydrogen) atoms. The Morgan fingerprint density at radius 3 is 2.43 bits per heavy atom. The number of carbonyl (C=O) groups is 1. The van der Waals surface area contributed by atoms with Gasteiger partial charge in [0.05, 0.1) is 12.7 Å². The molecule has 1 saturated heterocycles. The summed E-state index contributed by atoms with van der Waals surface area (Å²) in [4.78, 5) is 12.2. The molecule has 0 radical (unpaired) electrons. The van der Waals surface area contributed by atoms with Gasteiger partial charge in [0.25, 0.3) is 0 Å². The topological polar surface area (TPSA) is 35.5 Å². The number of hydrogen-bond donors (Lipinski definition) is 0. The number of ketones is 1. The molecular weight excluding hydrogens is 288 g/mol. The van der Waals surface area contributed by atoms with Crippen molar-refractivity contribution in [3.63, 3.8) is 0 Å². The Morgan fingerprint density at radius 2 is 1.74 bits per heavy atom. The van der Waals surface area contributed by atoms with Gasteiger partial charge in [-0.05, 0) is 19.8 Å². The average Bonchev–Trinajstić information content (AvgIpc) is 2.61. The molecule has 0 spiro atoms. The number of rotatable bonds is 5. The van der Waals surface area contributed by atoms with E-state index in [4.69, 9.17) is 9.47 Å². The summed E-state index contributed by atoms with van der Waals surface area (Å²) in [5.74, 6) is -0.554. The van der Waals surface area contributed by atoms with E-state index in [1.807, 2.05) is 67.6 Å². The quantitative estimate of drug-likeness (QED) is 0.771. The predicted molar refractivity (Wildman–Crippen MR) is 89.2 cm³/mol. The highest BCUT2D eigenvalue weighted by Crippen LogP contribution is 2.34. The number of Topliss-reactive ketones (excluding diaryl/α,β-unsaturated/α-hetero) is 1. The lowest BCUT2D eigenvalue weighted by Crippen LogP contribution is -2.40. The summed E-state index contributed by atoms with van der Waals surface area (Å²) in [6, 6.07) is 19.4. The zero-order chi connectivity index (χ0) is 16.1. The summed E-state index contributed by atoms with van der Waals surface area (Å²) >= 11 is 0. The monoisotopic (exact) mass is 310 g/mol. The van der Waals surface area contributed by atoms with Crippen LogP contribution in [0.5, 0.6) is 0 Å². The molecule has 3 heteroatoms. The van der Waals surface area contributed by atoms with E-state index in [2.05, 4.69) is 0 Å². The number of ether oxygens (including phenoxy) is 2. The summed E-state index contributed by atoms with van der Waals surface area (Å²) in [7, 11) is 0. The third kappa shape index (κ3) is 3.87. The van der Waals surface area contributed by atoms with Crippen LogP contribution >= 0.6 is 0 Å². The Labute approximate surface area is 137 Å². The molecule has 0 saturated carbocycles. The van der Waals surface area contributed by atoms with Gasteiger partial charge in [0, 0.05) is 17.5 Å². The second-order valence-electron chi connectivity index (χ2n) is 6.02. The van der Waals surface area contributed by atoms with E-state index in [0.717, 1.165) is 24.0 Å². The van der Waals surface area contributed by atoms with Gasteiger partial charge in [0.2, 0.25) is 0 Å². The van der Waals surface area contributed by atoms with E-state index in [0.29, 0.717) is 13.0 Å². The van der Waals surface area contributed by atoms with Gasteiger partial charge in [-0.2, -0.15) is 0 Å². The zero-order valence-electron chi connectivity index (χ0n) is 13.4. The van der Waals surface area contributed by atoms with Crippen LogP contribution in [0.15, 0.2) is 60.7 Å². The fourth-order valence-corrected chi connectivity index (χ4v) is 2.95. The lowest BCUT2D eigenvalue weighted by atomic mass is 10.0. The van der Waals surface area contributed by atoms with Gasteiger partial charge in [-0.3, -0.25) is 4.79 Å². The number of benzene rings is 2. The molecular formula is C20H22O3. The maximum Gasteiger partial charge on any atom is 0.192 e. The normalized spacial score (nSPS) is 24.3. The highest BCUT2D eigenvalue weighted by atomic mass is 16.7. The first kappa shape index (κ1) is 15.9. The standard InChI is InChI=1S/C20H22O3/c1-20(17-10-6-3-7-11-17)22-15-14-18(23-20)12-13-19(21)16-8-4-2-5-9-16/h2-11,18H,12-15H2,1H3. The molecule has 3 nitrogen and oxygen atoms in total. The molecule has 0 N–H and O–H groups in total. The van der Waals surface area contributed by atoms with Crippen molar-refractivity contribution in [3.05, 3.63) is 71.8 Å². The van der Waals surface area contributed by atoms with E-state index in [-0.39, 0.29) is 11.9 Å². The molecule has 0 amide bonds. The fraction of sp³-hybridized carbons (Fsp3) is 0.350. The van der Waals surface area contributed by atoms with E-state index in [9.17, 15) is 4.79 Å². The van der Waals surface area contributed by atoms with Crippen molar-refractivity contribution in [2.24, 2.45) is 0 Å². The van der Waals surface area contributed by atoms with Crippen molar-refractivity contribution in [1.82, 2.24) is 0 Å². The van der Waals surface area contributed by atoms with E-state index in [1.54, 1.807) is 0 Å². The predicted octanol–water partition coefficient (Wildman–Crippen LogP) is 4.33. The Kier molecular flexibility index (Phi) is 4.89. The highest BCUT2D eigenvalue weighted by molar-refractivity contribution is 5.95. The molecule has 1 aliphatic heterocycles. The minimum absolute atomic E-state index is 0.0432. The van der Waals surface area contributed by atoms with Crippen LogP contribution in [-0.2, 0) is 15.3 Å². The molecule has 1 heterocycles. The third-order valence-corrected chi connectivity index (χ3v) is 4.30. The average molecular weight is 310 g/mol. The van der Waals surface area contributed by atoms with Crippen LogP contribution in [0.1, 0.15) is 42.1 Å². The molecule has 2 unspecified atom stereocenters. The van der Waals surface area contributed by atoms with Gasteiger partial charge in [-0.15, -0.1) is 0 Å². The molecule has 1 aliphatic rings. The first-order valence-electron chi connectivity index (χ1n) is 8.13. The van der Waals surface area contributed by atoms with Gasteiger partial charge in [0.1, 0.15) is 0 Å². The smallest absolute Gasteiger partial charge is 0.192 e. The maximum absolute atomic E-state index is 12.2. The number of carbonyl (C=O) groups excluding carboxylic acids is 1. The van der Waals surface area contributed by atoms with Gasteiger partial charge in [0.15, 0.2) is 11.6 Å². The summed E-state index contributed by atoms with van der Waals surface area (Å²) in [5.41, 5.74) is 1.78. The van der Waals surface area contributed by atoms with Gasteiger partial charge in [-0.1, -0.05) is 60.7 Å². The molecule has 0 bridgehead atoms. The minimum Gasteiger partial charge on any atom is -0.346 e. The highest BCUT2D eigenvalue weighted by Gasteiger charge is 2.35. The van der Waals surface area contributed by atoms with Crippen molar-refractivity contribution in [3.8, 4) is 0 Å². The Balaban J connectivity index is 1.60. The van der Waals surface area contributed by atoms with E-state index >= 15 is 0 Å². The Morgan fingerprint density at radius 1 is 1.09 bits per heavy atom. The van der Waals surface area contributed by atoms with Gasteiger partial charge < -0.3 is 9.47 Å². The minimum atomic E-state index is -0.722. The fourth-order valence-electron chi connectivity index (χ4n) is 2.95. The van der Waals surface area contributed by atoms with E-state index in [1.165, 1.54) is 0 Å². The largest absolute Gasteiger partial charge is 0.346 e. The van der Waals surface area contributed by atoms with Crippen LogP contribution in [-0.4, -0.2) is 18.5 Å². The van der Waals surface area contributed by atoms with Crippen LogP contribution in [0.2, 0.25) is 0 Å². The maximum atomic E-state index is 12.2. The third-order valence-electron chi connectivity index (χ3n) is 4.30. The van der Waals surface area contributed by atoms with E-state index < -0.39 is 5.79 Å². The van der Waals surface area contributed by atoms with Crippen molar-refractivity contribution in [2.75, 3.05) is 6.61 Å². The lowest BCUT2D eigenvalue weighted by Gasteiger charge is -2.39. The van der Waals surface area contributed by atoms with Crippen LogP contribution < -0.4 is 0 Å². The molecule has 2 atom stereocenters. The van der Waals surface area contributed by atoms with Crippen LogP contribution in [0.3, 0.4) is 0 Å². The molecule has 120 valence electrons. The van der Waals surface area contributed by atoms with Crippen LogP contribution in [0.25, 0.3) is 0 Å². The summed E-state index contributed by atoms with van der Waals surface area (Å²) < 4.78 is 12.0. The Bertz CT molecular complexity index is 638. The second-order valence-corrected chi connectivity index (χ2v) is 6.02. The Hall–Kier alpha value is -1.97. The first-order chi connectivity index (χ1) is 11.2. The van der Waals surface area contributed by atoms with Gasteiger partial charge >= 0.3 is 0 Å². The van der Waals surface area contributed by atoms with Gasteiger partial charge in [-0.25, -0.2) is 0 Å². The molecule has 2 aromatic rings. The van der Waals surface area contributed by atoms with Crippen LogP contribution in [0.4, 0.5) is 0 Å². The van der Waals surface area contributed by atoms with Crippen molar-refractivity contribution < 1.29 is 14.3 Å². The SMILES string of the molecule is CC1(c2ccccc2)OCCC(CCC(=O)c2ccccc2)O1. The number of hydrogen-bond acceptors (Lipinski definition) is 3. The molecule has 0 aromatic heterocycles.